The quantitative estimate of drug-likeness (QED) is 0.189. The monoisotopic (exact) mass is 502 g/mol. The van der Waals surface area contributed by atoms with E-state index in [1.807, 2.05) is 15.7 Å². The van der Waals surface area contributed by atoms with E-state index in [1.54, 1.807) is 14.0 Å². The fourth-order valence-electron chi connectivity index (χ4n) is 3.55. The lowest BCUT2D eigenvalue weighted by Gasteiger charge is -2.21. The third-order valence-electron chi connectivity index (χ3n) is 4.86. The van der Waals surface area contributed by atoms with Crippen molar-refractivity contribution in [3.8, 4) is 12.0 Å². The second-order valence-electron chi connectivity index (χ2n) is 6.98. The number of esters is 2. The Morgan fingerprint density at radius 1 is 1.03 bits per heavy atom. The number of carbonyl (C=O) groups is 3. The molecule has 0 aliphatic carbocycles. The van der Waals surface area contributed by atoms with Crippen molar-refractivity contribution in [3.63, 3.8) is 0 Å². The van der Waals surface area contributed by atoms with Crippen LogP contribution < -0.4 is 0 Å². The van der Waals surface area contributed by atoms with E-state index in [1.165, 1.54) is 12.8 Å². The summed E-state index contributed by atoms with van der Waals surface area (Å²) in [7, 11) is 0.203. The first kappa shape index (κ1) is 29.1. The van der Waals surface area contributed by atoms with Crippen LogP contribution in [0.15, 0.2) is 0 Å². The highest BCUT2D eigenvalue weighted by molar-refractivity contribution is 7.85. The molecule has 34 heavy (non-hydrogen) atoms. The molecule has 0 aliphatic rings. The molecule has 1 aromatic carbocycles. The Balaban J connectivity index is 3.32. The lowest BCUT2D eigenvalue weighted by molar-refractivity contribution is -0.211. The van der Waals surface area contributed by atoms with Crippen LogP contribution in [0.5, 0.6) is 0 Å². The number of benzene rings is 1. The minimum absolute atomic E-state index is 0.263. The van der Waals surface area contributed by atoms with Gasteiger partial charge in [0, 0.05) is 0 Å². The molecule has 0 radical (unpaired) electrons. The normalized spacial score (nSPS) is 12.3. The summed E-state index contributed by atoms with van der Waals surface area (Å²) < 4.78 is 77.0. The molecule has 1 aromatic rings. The first-order valence-corrected chi connectivity index (χ1v) is 11.5. The summed E-state index contributed by atoms with van der Waals surface area (Å²) in [6.45, 7) is 1.53. The van der Waals surface area contributed by atoms with Gasteiger partial charge >= 0.3 is 24.1 Å². The molecular weight excluding hydrogens is 482 g/mol. The number of alkyl halides is 3. The zero-order valence-electron chi connectivity index (χ0n) is 18.7. The van der Waals surface area contributed by atoms with Gasteiger partial charge in [-0.15, -0.1) is 0 Å². The number of rotatable bonds is 8. The van der Waals surface area contributed by atoms with E-state index in [0.29, 0.717) is 23.8 Å². The van der Waals surface area contributed by atoms with Gasteiger partial charge in [0.2, 0.25) is 6.10 Å². The largest absolute Gasteiger partial charge is 0.478 e. The van der Waals surface area contributed by atoms with Gasteiger partial charge in [-0.3, -0.25) is 4.55 Å². The van der Waals surface area contributed by atoms with Crippen LogP contribution in [0.3, 0.4) is 0 Å². The first-order valence-electron chi connectivity index (χ1n) is 9.93. The second-order valence-corrected chi connectivity index (χ2v) is 8.47. The minimum Gasteiger partial charge on any atom is -0.478 e. The van der Waals surface area contributed by atoms with Crippen molar-refractivity contribution >= 4 is 51.6 Å². The maximum Gasteiger partial charge on any atom is 0.426 e. The van der Waals surface area contributed by atoms with Crippen molar-refractivity contribution in [2.24, 2.45) is 0 Å². The summed E-state index contributed by atoms with van der Waals surface area (Å²) >= 11 is 0. The number of aromatic carboxylic acids is 1. The summed E-state index contributed by atoms with van der Waals surface area (Å²) in [5.41, 5.74) is 1.67. The van der Waals surface area contributed by atoms with E-state index in [0.717, 1.165) is 11.1 Å². The molecule has 0 fully saturated rings. The highest BCUT2D eigenvalue weighted by Gasteiger charge is 2.45. The van der Waals surface area contributed by atoms with Crippen LogP contribution >= 0.6 is 0 Å². The zero-order valence-corrected chi connectivity index (χ0v) is 19.5. The van der Waals surface area contributed by atoms with Gasteiger partial charge in [0.15, 0.2) is 0 Å². The number of ether oxygens (including phenoxy) is 2. The molecular formula is C18H20B3F3O9S. The van der Waals surface area contributed by atoms with Crippen molar-refractivity contribution in [1.29, 1.82) is 0 Å². The van der Waals surface area contributed by atoms with Crippen LogP contribution in [-0.4, -0.2) is 77.6 Å². The minimum atomic E-state index is -5.33. The number of hydrogen-bond donors (Lipinski definition) is 2. The standard InChI is InChI=1S/C18H20B3F3O9S/c1-8-9(4-19)10(5-20)11(6-21)15(14(8)16(26)27)17(28)32-3-2-13(25)33-12(18(22,23)24)7-34(29,30)31/h12H,4-7,19-21H2,1H3,(H,26,27)(H,29,30,31). The van der Waals surface area contributed by atoms with Gasteiger partial charge in [-0.2, -0.15) is 21.6 Å². The summed E-state index contributed by atoms with van der Waals surface area (Å²) in [6.07, 6.45) is -5.72. The van der Waals surface area contributed by atoms with Gasteiger partial charge < -0.3 is 14.6 Å². The smallest absolute Gasteiger partial charge is 0.426 e. The SMILES string of the molecule is BCc1c(C)c(C(=O)O)c(C(=O)OC#CC(=O)OC(CS(=O)(=O)O)C(F)(F)F)c(CB)c1CB. The topological polar surface area (TPSA) is 144 Å². The van der Waals surface area contributed by atoms with E-state index < -0.39 is 46.1 Å². The number of halogens is 3. The van der Waals surface area contributed by atoms with Gasteiger partial charge in [0.25, 0.3) is 10.1 Å². The van der Waals surface area contributed by atoms with E-state index in [4.69, 9.17) is 4.55 Å². The fraction of sp³-hybridized carbons (Fsp3) is 0.389. The lowest BCUT2D eigenvalue weighted by Crippen LogP contribution is -2.39. The number of carboxylic acids is 1. The fourth-order valence-corrected chi connectivity index (χ4v) is 4.19. The van der Waals surface area contributed by atoms with Crippen molar-refractivity contribution in [1.82, 2.24) is 0 Å². The summed E-state index contributed by atoms with van der Waals surface area (Å²) in [4.78, 5) is 36.2. The third-order valence-corrected chi connectivity index (χ3v) is 5.58. The summed E-state index contributed by atoms with van der Waals surface area (Å²) in [5.74, 6) is -5.03. The average Bonchev–Trinajstić information content (AvgIpc) is 2.69. The van der Waals surface area contributed by atoms with Crippen molar-refractivity contribution in [2.45, 2.75) is 38.2 Å². The maximum atomic E-state index is 12.8. The molecule has 0 aromatic heterocycles. The predicted molar refractivity (Wildman–Crippen MR) is 120 cm³/mol. The van der Waals surface area contributed by atoms with Crippen LogP contribution in [0.25, 0.3) is 0 Å². The van der Waals surface area contributed by atoms with E-state index in [2.05, 4.69) is 9.47 Å². The van der Waals surface area contributed by atoms with Crippen molar-refractivity contribution < 1.29 is 55.1 Å². The van der Waals surface area contributed by atoms with Gasteiger partial charge in [-0.25, -0.2) is 14.4 Å². The van der Waals surface area contributed by atoms with E-state index in [-0.39, 0.29) is 17.4 Å². The Hall–Kier alpha value is -2.92. The van der Waals surface area contributed by atoms with Gasteiger partial charge in [0.1, 0.15) is 35.4 Å². The Morgan fingerprint density at radius 3 is 1.97 bits per heavy atom. The Labute approximate surface area is 196 Å². The lowest BCUT2D eigenvalue weighted by atomic mass is 9.74. The molecule has 0 spiro atoms. The first-order chi connectivity index (χ1) is 15.6. The molecule has 1 rings (SSSR count). The van der Waals surface area contributed by atoms with Crippen LogP contribution in [0, 0.1) is 19.0 Å². The van der Waals surface area contributed by atoms with Crippen LogP contribution in [-0.2, 0) is 43.3 Å². The molecule has 0 bridgehead atoms. The predicted octanol–water partition coefficient (Wildman–Crippen LogP) is -1.43. The number of carboxylic acid groups (broad SMARTS) is 1. The molecule has 0 heterocycles. The van der Waals surface area contributed by atoms with Crippen LogP contribution in [0.1, 0.15) is 43.0 Å². The third kappa shape index (κ3) is 7.29. The summed E-state index contributed by atoms with van der Waals surface area (Å²) in [5, 5.41) is 9.69. The average molecular weight is 502 g/mol. The molecule has 1 unspecified atom stereocenters. The Bertz CT molecular complexity index is 1160. The highest BCUT2D eigenvalue weighted by atomic mass is 32.2. The Morgan fingerprint density at radius 2 is 1.56 bits per heavy atom. The maximum absolute atomic E-state index is 12.8. The van der Waals surface area contributed by atoms with Crippen LogP contribution in [0.2, 0.25) is 0 Å². The van der Waals surface area contributed by atoms with Gasteiger partial charge in [0.05, 0.1) is 17.0 Å². The van der Waals surface area contributed by atoms with E-state index >= 15 is 0 Å². The molecule has 16 heteroatoms. The molecule has 0 aliphatic heterocycles. The Kier molecular flexibility index (Phi) is 9.83. The highest BCUT2D eigenvalue weighted by Crippen LogP contribution is 2.29. The number of carbonyl (C=O) groups excluding carboxylic acids is 2. The van der Waals surface area contributed by atoms with E-state index in [9.17, 15) is 41.1 Å². The zero-order chi connectivity index (χ0) is 26.4. The molecule has 1 atom stereocenters. The van der Waals surface area contributed by atoms with Gasteiger partial charge in [-0.05, 0) is 29.2 Å². The van der Waals surface area contributed by atoms with Crippen molar-refractivity contribution in [2.75, 3.05) is 5.75 Å². The second kappa shape index (κ2) is 11.5. The van der Waals surface area contributed by atoms with Crippen molar-refractivity contribution in [3.05, 3.63) is 33.4 Å². The molecule has 0 saturated carbocycles. The molecule has 182 valence electrons. The van der Waals surface area contributed by atoms with Gasteiger partial charge in [-0.1, -0.05) is 19.0 Å². The van der Waals surface area contributed by atoms with Crippen LogP contribution in [0.4, 0.5) is 13.2 Å². The molecule has 0 saturated heterocycles. The molecule has 0 amide bonds. The molecule has 9 nitrogen and oxygen atoms in total. The molecule has 2 N–H and O–H groups in total. The number of hydrogen-bond acceptors (Lipinski definition) is 7. The summed E-state index contributed by atoms with van der Waals surface area (Å²) in [6, 6.07) is 0.